The van der Waals surface area contributed by atoms with Gasteiger partial charge in [0.2, 0.25) is 0 Å². The molecule has 2 rings (SSSR count). The molecule has 0 aliphatic carbocycles. The summed E-state index contributed by atoms with van der Waals surface area (Å²) in [5, 5.41) is 3.14. The predicted molar refractivity (Wildman–Crippen MR) is 66.6 cm³/mol. The molecule has 4 N–H and O–H groups in total. The third-order valence-corrected chi connectivity index (χ3v) is 2.61. The zero-order valence-electron chi connectivity index (χ0n) is 9.00. The maximum Gasteiger partial charge on any atom is 0.143 e. The molecule has 0 fully saturated rings. The summed E-state index contributed by atoms with van der Waals surface area (Å²) in [5.41, 5.74) is 6.63. The third-order valence-electron chi connectivity index (χ3n) is 2.32. The number of imidazole rings is 1. The smallest absolute Gasteiger partial charge is 0.143 e. The standard InChI is InChI=1S/C11H12ClFN4/c12-7-5-10(9(14)6-8(7)13)15-2-1-11-16-3-4-17-11/h3-6,15H,1-2,14H2,(H,16,17). The van der Waals surface area contributed by atoms with Crippen molar-refractivity contribution < 1.29 is 4.39 Å². The quantitative estimate of drug-likeness (QED) is 0.734. The zero-order valence-corrected chi connectivity index (χ0v) is 9.76. The van der Waals surface area contributed by atoms with Gasteiger partial charge in [0, 0.05) is 31.4 Å². The van der Waals surface area contributed by atoms with Gasteiger partial charge in [0.05, 0.1) is 16.4 Å². The topological polar surface area (TPSA) is 66.7 Å². The van der Waals surface area contributed by atoms with Crippen LogP contribution in [0.5, 0.6) is 0 Å². The Kier molecular flexibility index (Phi) is 3.49. The highest BCUT2D eigenvalue weighted by molar-refractivity contribution is 6.31. The Bertz CT molecular complexity index is 498. The van der Waals surface area contributed by atoms with E-state index in [1.807, 2.05) is 0 Å². The molecule has 0 saturated carbocycles. The molecule has 1 aromatic carbocycles. The lowest BCUT2D eigenvalue weighted by Gasteiger charge is -2.09. The highest BCUT2D eigenvalue weighted by Crippen LogP contribution is 2.25. The Labute approximate surface area is 103 Å². The van der Waals surface area contributed by atoms with Crippen LogP contribution in [0.2, 0.25) is 5.02 Å². The van der Waals surface area contributed by atoms with Crippen LogP contribution in [0.15, 0.2) is 24.5 Å². The van der Waals surface area contributed by atoms with Gasteiger partial charge in [-0.25, -0.2) is 9.37 Å². The highest BCUT2D eigenvalue weighted by Gasteiger charge is 2.05. The number of nitrogens with two attached hydrogens (primary N) is 1. The van der Waals surface area contributed by atoms with E-state index in [2.05, 4.69) is 15.3 Å². The minimum Gasteiger partial charge on any atom is -0.397 e. The van der Waals surface area contributed by atoms with Gasteiger partial charge < -0.3 is 16.0 Å². The van der Waals surface area contributed by atoms with Gasteiger partial charge in [0.15, 0.2) is 0 Å². The van der Waals surface area contributed by atoms with Crippen LogP contribution in [-0.2, 0) is 6.42 Å². The van der Waals surface area contributed by atoms with Gasteiger partial charge >= 0.3 is 0 Å². The Morgan fingerprint density at radius 1 is 1.47 bits per heavy atom. The molecule has 1 heterocycles. The Morgan fingerprint density at radius 3 is 3.00 bits per heavy atom. The molecule has 0 radical (unpaired) electrons. The summed E-state index contributed by atoms with van der Waals surface area (Å²) in [5.74, 6) is 0.366. The molecule has 6 heteroatoms. The second-order valence-corrected chi connectivity index (χ2v) is 3.97. The maximum atomic E-state index is 13.1. The molecule has 0 unspecified atom stereocenters. The summed E-state index contributed by atoms with van der Waals surface area (Å²) in [6, 6.07) is 2.69. The summed E-state index contributed by atoms with van der Waals surface area (Å²) >= 11 is 5.68. The first-order chi connectivity index (χ1) is 8.16. The molecule has 4 nitrogen and oxygen atoms in total. The second kappa shape index (κ2) is 5.05. The van der Waals surface area contributed by atoms with Crippen LogP contribution in [0, 0.1) is 5.82 Å². The fourth-order valence-electron chi connectivity index (χ4n) is 1.47. The number of nitrogens with one attached hydrogen (secondary N) is 2. The minimum absolute atomic E-state index is 0.0553. The van der Waals surface area contributed by atoms with E-state index in [1.54, 1.807) is 12.4 Å². The summed E-state index contributed by atoms with van der Waals surface area (Å²) < 4.78 is 13.1. The molecule has 0 bridgehead atoms. The number of H-pyrrole nitrogens is 1. The lowest BCUT2D eigenvalue weighted by molar-refractivity contribution is 0.629. The molecule has 0 aliphatic heterocycles. The van der Waals surface area contributed by atoms with Gasteiger partial charge in [-0.05, 0) is 6.07 Å². The number of halogens is 2. The largest absolute Gasteiger partial charge is 0.397 e. The van der Waals surface area contributed by atoms with Gasteiger partial charge in [-0.3, -0.25) is 0 Å². The van der Waals surface area contributed by atoms with Crippen molar-refractivity contribution in [1.82, 2.24) is 9.97 Å². The van der Waals surface area contributed by atoms with Crippen LogP contribution >= 0.6 is 11.6 Å². The van der Waals surface area contributed by atoms with Crippen molar-refractivity contribution in [1.29, 1.82) is 0 Å². The van der Waals surface area contributed by atoms with E-state index >= 15 is 0 Å². The molecule has 17 heavy (non-hydrogen) atoms. The van der Waals surface area contributed by atoms with E-state index in [0.717, 1.165) is 12.2 Å². The van der Waals surface area contributed by atoms with Gasteiger partial charge in [0.25, 0.3) is 0 Å². The first-order valence-corrected chi connectivity index (χ1v) is 5.51. The van der Waals surface area contributed by atoms with Crippen LogP contribution in [0.25, 0.3) is 0 Å². The van der Waals surface area contributed by atoms with Crippen LogP contribution in [-0.4, -0.2) is 16.5 Å². The molecule has 1 aromatic heterocycles. The normalized spacial score (nSPS) is 10.5. The van der Waals surface area contributed by atoms with E-state index in [1.165, 1.54) is 12.1 Å². The Balaban J connectivity index is 1.97. The van der Waals surface area contributed by atoms with Crippen molar-refractivity contribution in [3.8, 4) is 0 Å². The first kappa shape index (κ1) is 11.7. The fourth-order valence-corrected chi connectivity index (χ4v) is 1.63. The molecule has 0 amide bonds. The van der Waals surface area contributed by atoms with Crippen LogP contribution in [0.3, 0.4) is 0 Å². The summed E-state index contributed by atoms with van der Waals surface area (Å²) in [6.07, 6.45) is 4.18. The monoisotopic (exact) mass is 254 g/mol. The average Bonchev–Trinajstić information content (AvgIpc) is 2.78. The zero-order chi connectivity index (χ0) is 12.3. The van der Waals surface area contributed by atoms with Crippen molar-refractivity contribution in [2.45, 2.75) is 6.42 Å². The average molecular weight is 255 g/mol. The summed E-state index contributed by atoms with van der Waals surface area (Å²) in [7, 11) is 0. The maximum absolute atomic E-state index is 13.1. The SMILES string of the molecule is Nc1cc(F)c(Cl)cc1NCCc1ncc[nH]1. The van der Waals surface area contributed by atoms with Crippen LogP contribution in [0.4, 0.5) is 15.8 Å². The van der Waals surface area contributed by atoms with Crippen molar-refractivity contribution in [3.05, 3.63) is 41.2 Å². The molecule has 0 saturated heterocycles. The van der Waals surface area contributed by atoms with E-state index < -0.39 is 5.82 Å². The number of nitrogens with zero attached hydrogens (tertiary/aromatic N) is 1. The number of aromatic nitrogens is 2. The third kappa shape index (κ3) is 2.88. The summed E-state index contributed by atoms with van der Waals surface area (Å²) in [6.45, 7) is 0.639. The van der Waals surface area contributed by atoms with E-state index in [0.29, 0.717) is 17.9 Å². The molecule has 0 spiro atoms. The van der Waals surface area contributed by atoms with Crippen LogP contribution in [0.1, 0.15) is 5.82 Å². The molecular formula is C11H12ClFN4. The Hall–Kier alpha value is -1.75. The molecular weight excluding hydrogens is 243 g/mol. The van der Waals surface area contributed by atoms with Crippen molar-refractivity contribution in [2.24, 2.45) is 0 Å². The van der Waals surface area contributed by atoms with Crippen molar-refractivity contribution in [3.63, 3.8) is 0 Å². The van der Waals surface area contributed by atoms with Crippen molar-refractivity contribution >= 4 is 23.0 Å². The van der Waals surface area contributed by atoms with Gasteiger partial charge in [0.1, 0.15) is 11.6 Å². The second-order valence-electron chi connectivity index (χ2n) is 3.57. The highest BCUT2D eigenvalue weighted by atomic mass is 35.5. The van der Waals surface area contributed by atoms with Crippen molar-refractivity contribution in [2.75, 3.05) is 17.6 Å². The van der Waals surface area contributed by atoms with Gasteiger partial charge in [-0.1, -0.05) is 11.6 Å². The van der Waals surface area contributed by atoms with E-state index in [-0.39, 0.29) is 5.02 Å². The predicted octanol–water partition coefficient (Wildman–Crippen LogP) is 2.44. The number of benzene rings is 1. The van der Waals surface area contributed by atoms with E-state index in [4.69, 9.17) is 17.3 Å². The molecule has 0 atom stereocenters. The first-order valence-electron chi connectivity index (χ1n) is 5.13. The lowest BCUT2D eigenvalue weighted by atomic mass is 10.2. The van der Waals surface area contributed by atoms with Gasteiger partial charge in [-0.2, -0.15) is 0 Å². The summed E-state index contributed by atoms with van der Waals surface area (Å²) in [4.78, 5) is 7.08. The Morgan fingerprint density at radius 2 is 2.29 bits per heavy atom. The number of nitrogen functional groups attached to an aromatic ring is 1. The van der Waals surface area contributed by atoms with Crippen LogP contribution < -0.4 is 11.1 Å². The molecule has 0 aliphatic rings. The number of rotatable bonds is 4. The fraction of sp³-hybridized carbons (Fsp3) is 0.182. The number of hydrogen-bond donors (Lipinski definition) is 3. The number of anilines is 2. The number of aromatic amines is 1. The van der Waals surface area contributed by atoms with Gasteiger partial charge in [-0.15, -0.1) is 0 Å². The lowest BCUT2D eigenvalue weighted by Crippen LogP contribution is -2.08. The number of hydrogen-bond acceptors (Lipinski definition) is 3. The molecule has 2 aromatic rings. The van der Waals surface area contributed by atoms with E-state index in [9.17, 15) is 4.39 Å². The molecule has 90 valence electrons. The minimum atomic E-state index is -0.513.